The highest BCUT2D eigenvalue weighted by molar-refractivity contribution is 5.84. The molecule has 14 heteroatoms. The molecular formula is C23H32N6O8. The quantitative estimate of drug-likeness (QED) is 0.133. The van der Waals surface area contributed by atoms with Gasteiger partial charge in [0.1, 0.15) is 23.9 Å². The number of amides is 1. The highest BCUT2D eigenvalue weighted by atomic mass is 16.6. The molecule has 2 aliphatic heterocycles. The van der Waals surface area contributed by atoms with Crippen molar-refractivity contribution in [1.82, 2.24) is 24.8 Å². The molecule has 14 nitrogen and oxygen atoms in total. The van der Waals surface area contributed by atoms with Gasteiger partial charge in [-0.15, -0.1) is 0 Å². The summed E-state index contributed by atoms with van der Waals surface area (Å²) in [5.74, 6) is -0.132. The van der Waals surface area contributed by atoms with Gasteiger partial charge in [-0.3, -0.25) is 9.78 Å². The van der Waals surface area contributed by atoms with Crippen LogP contribution in [0.5, 0.6) is 0 Å². The third kappa shape index (κ3) is 6.80. The number of aliphatic hydroxyl groups is 4. The number of carbonyl (C=O) groups is 1. The number of aromatic amines is 1. The number of aliphatic hydroxyl groups excluding tert-OH is 4. The Bertz CT molecular complexity index is 1350. The molecule has 0 spiro atoms. The van der Waals surface area contributed by atoms with E-state index in [1.165, 1.54) is 4.57 Å². The number of ether oxygens (including phenoxy) is 1. The van der Waals surface area contributed by atoms with Gasteiger partial charge in [-0.25, -0.2) is 14.6 Å². The molecule has 0 aromatic heterocycles. The Labute approximate surface area is 211 Å². The van der Waals surface area contributed by atoms with E-state index >= 15 is 0 Å². The number of nitrogens with zero attached hydrogens (tertiary/aromatic N) is 3. The summed E-state index contributed by atoms with van der Waals surface area (Å²) in [6.07, 6.45) is -5.47. The van der Waals surface area contributed by atoms with E-state index in [0.29, 0.717) is 23.3 Å². The molecule has 0 unspecified atom stereocenters. The van der Waals surface area contributed by atoms with Crippen LogP contribution in [0, 0.1) is 6.92 Å². The van der Waals surface area contributed by atoms with Crippen LogP contribution in [0.4, 0.5) is 10.5 Å². The lowest BCUT2D eigenvalue weighted by atomic mass is 10.1. The van der Waals surface area contributed by atoms with Gasteiger partial charge in [0.2, 0.25) is 0 Å². The van der Waals surface area contributed by atoms with Gasteiger partial charge in [0, 0.05) is 18.8 Å². The first kappa shape index (κ1) is 28.0. The van der Waals surface area contributed by atoms with Crippen molar-refractivity contribution in [2.45, 2.75) is 58.2 Å². The number of hydrogen-bond acceptors (Lipinski definition) is 11. The molecule has 37 heavy (non-hydrogen) atoms. The molecular weight excluding hydrogens is 488 g/mol. The predicted octanol–water partition coefficient (Wildman–Crippen LogP) is -1.10. The van der Waals surface area contributed by atoms with Crippen LogP contribution in [0.25, 0.3) is 22.6 Å². The number of rotatable bonds is 9. The highest BCUT2D eigenvalue weighted by Crippen LogP contribution is 2.27. The standard InChI is InChI=1S/C23H32N6O8/c1-11-7-13-14(8-12(11)24-5-6-25-22(36)37-23(2,3)4)29(9-15(31)18(33)16(32)10-30)19-17(26-13)20(34)28-21(35)27-19/h7-8,15-16,18,24,30-33H,5-6,9-10H2,1-4H3,(H,25,36)(H,28,34,35)/t15-,16+,18-/m0/s1. The number of aromatic nitrogens is 4. The number of hydrogen-bond donors (Lipinski definition) is 7. The molecule has 1 amide bonds. The molecule has 2 heterocycles. The van der Waals surface area contributed by atoms with Crippen molar-refractivity contribution in [3.05, 3.63) is 38.5 Å². The lowest BCUT2D eigenvalue weighted by molar-refractivity contribution is -0.0802. The fourth-order valence-electron chi connectivity index (χ4n) is 3.66. The summed E-state index contributed by atoms with van der Waals surface area (Å²) < 4.78 is 6.54. The van der Waals surface area contributed by atoms with E-state index in [0.717, 1.165) is 5.56 Å². The van der Waals surface area contributed by atoms with Gasteiger partial charge >= 0.3 is 11.8 Å². The zero-order valence-corrected chi connectivity index (χ0v) is 21.0. The maximum absolute atomic E-state index is 12.4. The largest absolute Gasteiger partial charge is 0.444 e. The summed E-state index contributed by atoms with van der Waals surface area (Å²) in [6.45, 7) is 6.50. The second-order valence-electron chi connectivity index (χ2n) is 9.58. The van der Waals surface area contributed by atoms with E-state index in [9.17, 15) is 29.7 Å². The first-order valence-electron chi connectivity index (χ1n) is 11.6. The summed E-state index contributed by atoms with van der Waals surface area (Å²) in [5.41, 5.74) is -0.379. The van der Waals surface area contributed by atoms with E-state index in [-0.39, 0.29) is 24.6 Å². The minimum atomic E-state index is -1.72. The smallest absolute Gasteiger partial charge is 0.407 e. The van der Waals surface area contributed by atoms with Crippen LogP contribution in [0.15, 0.2) is 21.7 Å². The Kier molecular flexibility index (Phi) is 8.48. The number of alkyl carbamates (subject to hydrolysis) is 1. The topological polar surface area (TPSA) is 212 Å². The van der Waals surface area contributed by atoms with Crippen LogP contribution in [0.1, 0.15) is 26.3 Å². The number of fused-ring (bicyclic) bond motifs is 2. The summed E-state index contributed by atoms with van der Waals surface area (Å²) in [6, 6.07) is 3.35. The van der Waals surface area contributed by atoms with E-state index < -0.39 is 47.9 Å². The number of anilines is 1. The summed E-state index contributed by atoms with van der Waals surface area (Å²) in [5, 5.41) is 45.4. The van der Waals surface area contributed by atoms with Crippen LogP contribution in [0.3, 0.4) is 0 Å². The zero-order valence-electron chi connectivity index (χ0n) is 21.0. The number of H-pyrrole nitrogens is 1. The van der Waals surface area contributed by atoms with Gasteiger partial charge in [-0.05, 0) is 45.4 Å². The van der Waals surface area contributed by atoms with Gasteiger partial charge < -0.3 is 40.4 Å². The van der Waals surface area contributed by atoms with Crippen LogP contribution in [-0.2, 0) is 11.3 Å². The molecule has 3 atom stereocenters. The van der Waals surface area contributed by atoms with Gasteiger partial charge in [-0.1, -0.05) is 0 Å². The fourth-order valence-corrected chi connectivity index (χ4v) is 3.66. The Hall–Kier alpha value is -3.59. The van der Waals surface area contributed by atoms with Crippen LogP contribution in [-0.4, -0.2) is 89.6 Å². The molecule has 0 radical (unpaired) electrons. The number of aryl methyl sites for hydroxylation is 1. The lowest BCUT2D eigenvalue weighted by Gasteiger charge is -2.25. The number of nitrogens with one attached hydrogen (secondary N) is 3. The van der Waals surface area contributed by atoms with E-state index in [1.54, 1.807) is 39.8 Å². The highest BCUT2D eigenvalue weighted by Gasteiger charge is 2.27. The maximum atomic E-state index is 12.4. The fraction of sp³-hybridized carbons (Fsp3) is 0.522. The van der Waals surface area contributed by atoms with Crippen molar-refractivity contribution < 1.29 is 30.0 Å². The molecule has 7 N–H and O–H groups in total. The molecule has 1 aromatic rings. The summed E-state index contributed by atoms with van der Waals surface area (Å²) in [7, 11) is 0. The molecule has 202 valence electrons. The Morgan fingerprint density at radius 1 is 1.14 bits per heavy atom. The molecule has 0 fully saturated rings. The van der Waals surface area contributed by atoms with E-state index in [1.807, 2.05) is 0 Å². The molecule has 3 rings (SSSR count). The van der Waals surface area contributed by atoms with Crippen LogP contribution in [0.2, 0.25) is 0 Å². The lowest BCUT2D eigenvalue weighted by Crippen LogP contribution is -2.42. The Morgan fingerprint density at radius 2 is 1.84 bits per heavy atom. The zero-order chi connectivity index (χ0) is 27.5. The van der Waals surface area contributed by atoms with Crippen molar-refractivity contribution >= 4 is 22.8 Å². The minimum Gasteiger partial charge on any atom is -0.444 e. The van der Waals surface area contributed by atoms with Gasteiger partial charge in [0.05, 0.1) is 24.2 Å². The second-order valence-corrected chi connectivity index (χ2v) is 9.58. The molecule has 0 saturated carbocycles. The molecule has 1 aromatic carbocycles. The Balaban J connectivity index is 1.98. The average Bonchev–Trinajstić information content (AvgIpc) is 2.80. The molecule has 0 bridgehead atoms. The van der Waals surface area contributed by atoms with Crippen molar-refractivity contribution in [3.63, 3.8) is 0 Å². The first-order chi connectivity index (χ1) is 17.3. The third-order valence-corrected chi connectivity index (χ3v) is 5.41. The van der Waals surface area contributed by atoms with E-state index in [2.05, 4.69) is 25.6 Å². The van der Waals surface area contributed by atoms with E-state index in [4.69, 9.17) is 9.84 Å². The third-order valence-electron chi connectivity index (χ3n) is 5.41. The minimum absolute atomic E-state index is 0.132. The van der Waals surface area contributed by atoms with Crippen molar-refractivity contribution in [2.24, 2.45) is 0 Å². The number of carbonyl (C=O) groups excluding carboxylic acids is 1. The normalized spacial score (nSPS) is 14.4. The Morgan fingerprint density at radius 3 is 2.49 bits per heavy atom. The molecule has 2 aliphatic rings. The van der Waals surface area contributed by atoms with Gasteiger partial charge in [0.25, 0.3) is 5.56 Å². The number of benzene rings is 1. The summed E-state index contributed by atoms with van der Waals surface area (Å²) >= 11 is 0. The second kappa shape index (κ2) is 11.2. The predicted molar refractivity (Wildman–Crippen MR) is 134 cm³/mol. The van der Waals surface area contributed by atoms with Crippen LogP contribution >= 0.6 is 0 Å². The monoisotopic (exact) mass is 520 g/mol. The van der Waals surface area contributed by atoms with Crippen molar-refractivity contribution in [3.8, 4) is 11.5 Å². The first-order valence-corrected chi connectivity index (χ1v) is 11.6. The maximum Gasteiger partial charge on any atom is 0.407 e. The van der Waals surface area contributed by atoms with Gasteiger partial charge in [0.15, 0.2) is 11.5 Å². The molecule has 0 aliphatic carbocycles. The van der Waals surface area contributed by atoms with Crippen LogP contribution < -0.4 is 21.9 Å². The summed E-state index contributed by atoms with van der Waals surface area (Å²) in [4.78, 5) is 46.5. The molecule has 0 saturated heterocycles. The van der Waals surface area contributed by atoms with Crippen molar-refractivity contribution in [2.75, 3.05) is 25.0 Å². The SMILES string of the molecule is Cc1cc2nc3c(=O)[nH]c(=O)nc-3n(C[C@H](O)[C@H](O)[C@H](O)CO)c2cc1NCCNC(=O)OC(C)(C)C. The van der Waals surface area contributed by atoms with Crippen molar-refractivity contribution in [1.29, 1.82) is 0 Å². The van der Waals surface area contributed by atoms with Gasteiger partial charge in [-0.2, -0.15) is 4.98 Å². The average molecular weight is 521 g/mol.